The van der Waals surface area contributed by atoms with E-state index in [2.05, 4.69) is 0 Å². The van der Waals surface area contributed by atoms with Gasteiger partial charge in [-0.05, 0) is 63.3 Å². The van der Waals surface area contributed by atoms with Gasteiger partial charge in [-0.3, -0.25) is 4.79 Å². The van der Waals surface area contributed by atoms with E-state index in [0.29, 0.717) is 24.2 Å². The van der Waals surface area contributed by atoms with Crippen LogP contribution in [0.1, 0.15) is 43.7 Å². The average Bonchev–Trinajstić information content (AvgIpc) is 2.45. The van der Waals surface area contributed by atoms with Gasteiger partial charge < -0.3 is 14.7 Å². The predicted molar refractivity (Wildman–Crippen MR) is 92.2 cm³/mol. The van der Waals surface area contributed by atoms with Crippen LogP contribution in [0.3, 0.4) is 0 Å². The molecule has 1 spiro atoms. The Morgan fingerprint density at radius 2 is 1.85 bits per heavy atom. The van der Waals surface area contributed by atoms with E-state index in [1.165, 1.54) is 6.07 Å². The van der Waals surface area contributed by atoms with Crippen molar-refractivity contribution in [3.63, 3.8) is 0 Å². The number of ether oxygens (including phenoxy) is 1. The van der Waals surface area contributed by atoms with Crippen LogP contribution in [0.5, 0.6) is 5.75 Å². The van der Waals surface area contributed by atoms with Gasteiger partial charge in [0.2, 0.25) is 5.91 Å². The molecule has 1 heterocycles. The first-order chi connectivity index (χ1) is 12.5. The van der Waals surface area contributed by atoms with Crippen LogP contribution < -0.4 is 4.74 Å². The number of halogens is 3. The van der Waals surface area contributed by atoms with Gasteiger partial charge >= 0.3 is 6.18 Å². The van der Waals surface area contributed by atoms with Crippen LogP contribution in [-0.2, 0) is 11.0 Å². The Morgan fingerprint density at radius 1 is 1.22 bits per heavy atom. The number of alkyl halides is 3. The summed E-state index contributed by atoms with van der Waals surface area (Å²) in [6.45, 7) is 4.81. The fraction of sp³-hybridized carbons (Fsp3) is 0.650. The molecule has 4 nitrogen and oxygen atoms in total. The van der Waals surface area contributed by atoms with Crippen LogP contribution in [0.25, 0.3) is 0 Å². The summed E-state index contributed by atoms with van der Waals surface area (Å²) in [7, 11) is 0. The highest BCUT2D eigenvalue weighted by Crippen LogP contribution is 2.51. The van der Waals surface area contributed by atoms with E-state index < -0.39 is 17.3 Å². The SMILES string of the molecule is Cc1cc(C(F)(F)F)ccc1OC1CC2(C1)CN(C(=O)C1CC(C)(O)C1)C2. The first-order valence-corrected chi connectivity index (χ1v) is 9.32. The van der Waals surface area contributed by atoms with Gasteiger partial charge in [-0.25, -0.2) is 0 Å². The van der Waals surface area contributed by atoms with Crippen LogP contribution in [0, 0.1) is 18.3 Å². The van der Waals surface area contributed by atoms with Crippen LogP contribution >= 0.6 is 0 Å². The molecule has 0 atom stereocenters. The third-order valence-corrected chi connectivity index (χ3v) is 6.20. The van der Waals surface area contributed by atoms with Gasteiger partial charge in [-0.1, -0.05) is 0 Å². The van der Waals surface area contributed by atoms with Crippen molar-refractivity contribution in [2.75, 3.05) is 13.1 Å². The second kappa shape index (κ2) is 5.87. The number of hydrogen-bond donors (Lipinski definition) is 1. The fourth-order valence-electron chi connectivity index (χ4n) is 4.74. The molecule has 3 aliphatic rings. The minimum Gasteiger partial charge on any atom is -0.490 e. The molecule has 0 radical (unpaired) electrons. The van der Waals surface area contributed by atoms with E-state index in [0.717, 1.165) is 38.1 Å². The molecule has 3 fully saturated rings. The maximum atomic E-state index is 12.7. The van der Waals surface area contributed by atoms with E-state index in [1.54, 1.807) is 13.8 Å². The standard InChI is InChI=1S/C20H24F3NO3/c1-12-5-14(20(21,22)23)3-4-16(12)27-15-8-19(9-15)10-24(11-19)17(25)13-6-18(2,26)7-13/h3-5,13,15,26H,6-11H2,1-2H3. The number of likely N-dealkylation sites (tertiary alicyclic amines) is 1. The molecule has 148 valence electrons. The molecule has 0 aromatic heterocycles. The van der Waals surface area contributed by atoms with Gasteiger partial charge in [0.1, 0.15) is 11.9 Å². The second-order valence-corrected chi connectivity index (χ2v) is 8.92. The number of carbonyl (C=O) groups is 1. The van der Waals surface area contributed by atoms with Crippen molar-refractivity contribution in [3.05, 3.63) is 29.3 Å². The lowest BCUT2D eigenvalue weighted by atomic mass is 9.61. The normalized spacial score (nSPS) is 29.7. The minimum absolute atomic E-state index is 0.0119. The van der Waals surface area contributed by atoms with Crippen molar-refractivity contribution in [1.82, 2.24) is 4.90 Å². The molecular weight excluding hydrogens is 359 g/mol. The van der Waals surface area contributed by atoms with Crippen molar-refractivity contribution in [1.29, 1.82) is 0 Å². The lowest BCUT2D eigenvalue weighted by Crippen LogP contribution is -2.67. The molecular formula is C20H24F3NO3. The summed E-state index contributed by atoms with van der Waals surface area (Å²) in [6.07, 6.45) is -1.65. The smallest absolute Gasteiger partial charge is 0.416 e. The lowest BCUT2D eigenvalue weighted by molar-refractivity contribution is -0.174. The molecule has 1 aliphatic heterocycles. The molecule has 27 heavy (non-hydrogen) atoms. The third-order valence-electron chi connectivity index (χ3n) is 6.20. The van der Waals surface area contributed by atoms with Crippen molar-refractivity contribution in [3.8, 4) is 5.75 Å². The highest BCUT2D eigenvalue weighted by atomic mass is 19.4. The predicted octanol–water partition coefficient (Wildman–Crippen LogP) is 3.54. The van der Waals surface area contributed by atoms with Crippen LogP contribution in [0.4, 0.5) is 13.2 Å². The number of carbonyl (C=O) groups excluding carboxylic acids is 1. The van der Waals surface area contributed by atoms with Gasteiger partial charge in [0.25, 0.3) is 0 Å². The van der Waals surface area contributed by atoms with Crippen molar-refractivity contribution in [2.24, 2.45) is 11.3 Å². The third kappa shape index (κ3) is 3.42. The quantitative estimate of drug-likeness (QED) is 0.869. The first-order valence-electron chi connectivity index (χ1n) is 9.32. The van der Waals surface area contributed by atoms with E-state index >= 15 is 0 Å². The Bertz CT molecular complexity index is 752. The Hall–Kier alpha value is -1.76. The van der Waals surface area contributed by atoms with E-state index in [4.69, 9.17) is 4.74 Å². The van der Waals surface area contributed by atoms with Gasteiger partial charge in [-0.2, -0.15) is 13.2 Å². The Labute approximate surface area is 156 Å². The number of aryl methyl sites for hydroxylation is 1. The molecule has 2 aliphatic carbocycles. The maximum Gasteiger partial charge on any atom is 0.416 e. The van der Waals surface area contributed by atoms with Crippen LogP contribution in [0.15, 0.2) is 18.2 Å². The zero-order chi connectivity index (χ0) is 19.6. The first kappa shape index (κ1) is 18.6. The summed E-state index contributed by atoms with van der Waals surface area (Å²) >= 11 is 0. The second-order valence-electron chi connectivity index (χ2n) is 8.92. The number of nitrogens with zero attached hydrogens (tertiary/aromatic N) is 1. The minimum atomic E-state index is -4.35. The molecule has 0 bridgehead atoms. The number of amides is 1. The number of hydrogen-bond acceptors (Lipinski definition) is 3. The lowest BCUT2D eigenvalue weighted by Gasteiger charge is -2.59. The number of benzene rings is 1. The molecule has 1 amide bonds. The monoisotopic (exact) mass is 383 g/mol. The summed E-state index contributed by atoms with van der Waals surface area (Å²) in [5.74, 6) is 0.571. The molecule has 0 unspecified atom stereocenters. The van der Waals surface area contributed by atoms with Gasteiger partial charge in [0.15, 0.2) is 0 Å². The molecule has 1 aromatic rings. The molecule has 1 N–H and O–H groups in total. The number of aliphatic hydroxyl groups is 1. The fourth-order valence-corrected chi connectivity index (χ4v) is 4.74. The van der Waals surface area contributed by atoms with Gasteiger partial charge in [0, 0.05) is 24.4 Å². The maximum absolute atomic E-state index is 12.7. The summed E-state index contributed by atoms with van der Waals surface area (Å²) in [4.78, 5) is 14.2. The summed E-state index contributed by atoms with van der Waals surface area (Å²) in [6, 6.07) is 3.55. The summed E-state index contributed by atoms with van der Waals surface area (Å²) < 4.78 is 44.1. The van der Waals surface area contributed by atoms with Gasteiger partial charge in [-0.15, -0.1) is 0 Å². The van der Waals surface area contributed by atoms with Crippen molar-refractivity contribution < 1.29 is 27.8 Å². The molecule has 1 aromatic carbocycles. The highest BCUT2D eigenvalue weighted by Gasteiger charge is 2.56. The highest BCUT2D eigenvalue weighted by molar-refractivity contribution is 5.81. The molecule has 4 rings (SSSR count). The van der Waals surface area contributed by atoms with Gasteiger partial charge in [0.05, 0.1) is 11.2 Å². The Morgan fingerprint density at radius 3 is 2.37 bits per heavy atom. The van der Waals surface area contributed by atoms with E-state index in [9.17, 15) is 23.1 Å². The zero-order valence-electron chi connectivity index (χ0n) is 15.5. The van der Waals surface area contributed by atoms with Crippen molar-refractivity contribution in [2.45, 2.75) is 57.4 Å². The number of rotatable bonds is 3. The average molecular weight is 383 g/mol. The topological polar surface area (TPSA) is 49.8 Å². The Kier molecular flexibility index (Phi) is 4.04. The van der Waals surface area contributed by atoms with Crippen LogP contribution in [0.2, 0.25) is 0 Å². The molecule has 1 saturated heterocycles. The van der Waals surface area contributed by atoms with Crippen molar-refractivity contribution >= 4 is 5.91 Å². The van der Waals surface area contributed by atoms with Crippen LogP contribution in [-0.4, -0.2) is 40.7 Å². The largest absolute Gasteiger partial charge is 0.490 e. The van der Waals surface area contributed by atoms with E-state index in [-0.39, 0.29) is 23.3 Å². The summed E-state index contributed by atoms with van der Waals surface area (Å²) in [5, 5.41) is 9.77. The molecule has 7 heteroatoms. The van der Waals surface area contributed by atoms with E-state index in [1.807, 2.05) is 4.90 Å². The Balaban J connectivity index is 1.26. The zero-order valence-corrected chi connectivity index (χ0v) is 15.5. The summed E-state index contributed by atoms with van der Waals surface area (Å²) in [5.41, 5.74) is -0.779. The molecule has 2 saturated carbocycles.